The minimum Gasteiger partial charge on any atom is -0.497 e. The largest absolute Gasteiger partial charge is 0.497 e. The fraction of sp³-hybridized carbons (Fsp3) is 0.417. The number of hydrogen-bond donors (Lipinski definition) is 2. The third-order valence-corrected chi connectivity index (χ3v) is 2.16. The second-order valence-corrected chi connectivity index (χ2v) is 3.46. The zero-order valence-electron chi connectivity index (χ0n) is 9.75. The van der Waals surface area contributed by atoms with Crippen LogP contribution in [-0.2, 0) is 0 Å². The van der Waals surface area contributed by atoms with Crippen molar-refractivity contribution in [2.24, 2.45) is 0 Å². The van der Waals surface area contributed by atoms with Crippen LogP contribution in [0.5, 0.6) is 5.75 Å². The molecular formula is C12H18N2O2. The molecule has 16 heavy (non-hydrogen) atoms. The van der Waals surface area contributed by atoms with Crippen molar-refractivity contribution in [1.29, 1.82) is 0 Å². The van der Waals surface area contributed by atoms with Crippen LogP contribution in [0.25, 0.3) is 0 Å². The Kier molecular flexibility index (Phi) is 5.19. The maximum atomic E-state index is 11.4. The number of unbranched alkanes of at least 4 members (excludes halogenated alkanes) is 1. The number of carbonyl (C=O) groups excluding carboxylic acids is 1. The molecule has 0 atom stereocenters. The molecule has 0 aliphatic rings. The highest BCUT2D eigenvalue weighted by Gasteiger charge is 2.00. The number of rotatable bonds is 5. The molecule has 0 radical (unpaired) electrons. The van der Waals surface area contributed by atoms with Gasteiger partial charge in [0.1, 0.15) is 5.75 Å². The fourth-order valence-electron chi connectivity index (χ4n) is 1.23. The Labute approximate surface area is 96.0 Å². The molecular weight excluding hydrogens is 204 g/mol. The van der Waals surface area contributed by atoms with Crippen molar-refractivity contribution >= 4 is 11.7 Å². The van der Waals surface area contributed by atoms with Crippen LogP contribution >= 0.6 is 0 Å². The maximum Gasteiger partial charge on any atom is 0.319 e. The highest BCUT2D eigenvalue weighted by atomic mass is 16.5. The molecule has 0 bridgehead atoms. The molecule has 0 unspecified atom stereocenters. The SMILES string of the molecule is CCCCNC(=O)Nc1ccc(OC)cc1. The summed E-state index contributed by atoms with van der Waals surface area (Å²) in [5.74, 6) is 0.775. The molecule has 1 aromatic carbocycles. The summed E-state index contributed by atoms with van der Waals surface area (Å²) >= 11 is 0. The quantitative estimate of drug-likeness (QED) is 0.752. The van der Waals surface area contributed by atoms with Crippen molar-refractivity contribution in [1.82, 2.24) is 5.32 Å². The summed E-state index contributed by atoms with van der Waals surface area (Å²) < 4.78 is 5.03. The van der Waals surface area contributed by atoms with Crippen molar-refractivity contribution in [2.45, 2.75) is 19.8 Å². The third-order valence-electron chi connectivity index (χ3n) is 2.16. The van der Waals surface area contributed by atoms with Crippen molar-refractivity contribution in [2.75, 3.05) is 19.0 Å². The van der Waals surface area contributed by atoms with Gasteiger partial charge in [-0.2, -0.15) is 0 Å². The van der Waals surface area contributed by atoms with E-state index >= 15 is 0 Å². The van der Waals surface area contributed by atoms with E-state index in [0.717, 1.165) is 24.3 Å². The van der Waals surface area contributed by atoms with Crippen LogP contribution in [0, 0.1) is 0 Å². The van der Waals surface area contributed by atoms with Crippen molar-refractivity contribution in [3.05, 3.63) is 24.3 Å². The second kappa shape index (κ2) is 6.71. The zero-order chi connectivity index (χ0) is 11.8. The van der Waals surface area contributed by atoms with E-state index in [2.05, 4.69) is 17.6 Å². The van der Waals surface area contributed by atoms with E-state index in [9.17, 15) is 4.79 Å². The van der Waals surface area contributed by atoms with Crippen LogP contribution in [0.4, 0.5) is 10.5 Å². The molecule has 0 fully saturated rings. The number of urea groups is 1. The predicted octanol–water partition coefficient (Wildman–Crippen LogP) is 2.62. The normalized spacial score (nSPS) is 9.62. The van der Waals surface area contributed by atoms with E-state index in [1.165, 1.54) is 0 Å². The van der Waals surface area contributed by atoms with Crippen LogP contribution < -0.4 is 15.4 Å². The van der Waals surface area contributed by atoms with Gasteiger partial charge in [-0.3, -0.25) is 0 Å². The van der Waals surface area contributed by atoms with Gasteiger partial charge in [-0.05, 0) is 30.7 Å². The van der Waals surface area contributed by atoms with Crippen LogP contribution in [0.2, 0.25) is 0 Å². The molecule has 2 N–H and O–H groups in total. The number of ether oxygens (including phenoxy) is 1. The lowest BCUT2D eigenvalue weighted by Gasteiger charge is -2.07. The summed E-state index contributed by atoms with van der Waals surface area (Å²) in [5, 5.41) is 5.53. The molecule has 0 aliphatic carbocycles. The predicted molar refractivity (Wildman–Crippen MR) is 64.9 cm³/mol. The fourth-order valence-corrected chi connectivity index (χ4v) is 1.23. The smallest absolute Gasteiger partial charge is 0.319 e. The summed E-state index contributed by atoms with van der Waals surface area (Å²) in [6.07, 6.45) is 2.07. The second-order valence-electron chi connectivity index (χ2n) is 3.46. The first kappa shape index (κ1) is 12.4. The van der Waals surface area contributed by atoms with E-state index in [4.69, 9.17) is 4.74 Å². The van der Waals surface area contributed by atoms with Crippen LogP contribution in [0.3, 0.4) is 0 Å². The molecule has 0 saturated heterocycles. The number of hydrogen-bond acceptors (Lipinski definition) is 2. The standard InChI is InChI=1S/C12H18N2O2/c1-3-4-9-13-12(15)14-10-5-7-11(16-2)8-6-10/h5-8H,3-4,9H2,1-2H3,(H2,13,14,15). The van der Waals surface area contributed by atoms with Gasteiger partial charge in [-0.25, -0.2) is 4.79 Å². The van der Waals surface area contributed by atoms with Gasteiger partial charge in [-0.15, -0.1) is 0 Å². The Morgan fingerprint density at radius 2 is 2.00 bits per heavy atom. The topological polar surface area (TPSA) is 50.4 Å². The Balaban J connectivity index is 2.37. The summed E-state index contributed by atoms with van der Waals surface area (Å²) in [6.45, 7) is 2.79. The van der Waals surface area contributed by atoms with Gasteiger partial charge in [0.15, 0.2) is 0 Å². The summed E-state index contributed by atoms with van der Waals surface area (Å²) in [7, 11) is 1.61. The van der Waals surface area contributed by atoms with E-state index in [1.54, 1.807) is 19.2 Å². The number of methoxy groups -OCH3 is 1. The molecule has 1 rings (SSSR count). The average molecular weight is 222 g/mol. The lowest BCUT2D eigenvalue weighted by Crippen LogP contribution is -2.29. The molecule has 4 heteroatoms. The van der Waals surface area contributed by atoms with Gasteiger partial charge in [0, 0.05) is 12.2 Å². The minimum absolute atomic E-state index is 0.168. The van der Waals surface area contributed by atoms with Crippen LogP contribution in [0.1, 0.15) is 19.8 Å². The monoisotopic (exact) mass is 222 g/mol. The Morgan fingerprint density at radius 1 is 1.31 bits per heavy atom. The Morgan fingerprint density at radius 3 is 2.56 bits per heavy atom. The first-order valence-electron chi connectivity index (χ1n) is 5.45. The Hall–Kier alpha value is -1.71. The number of benzene rings is 1. The number of nitrogens with one attached hydrogen (secondary N) is 2. The summed E-state index contributed by atoms with van der Waals surface area (Å²) in [4.78, 5) is 11.4. The molecule has 1 aromatic rings. The molecule has 88 valence electrons. The van der Waals surface area contributed by atoms with Gasteiger partial charge in [0.2, 0.25) is 0 Å². The van der Waals surface area contributed by atoms with Crippen molar-refractivity contribution < 1.29 is 9.53 Å². The molecule has 0 spiro atoms. The summed E-state index contributed by atoms with van der Waals surface area (Å²) in [5.41, 5.74) is 0.759. The highest BCUT2D eigenvalue weighted by molar-refractivity contribution is 5.89. The number of amides is 2. The van der Waals surface area contributed by atoms with Gasteiger partial charge < -0.3 is 15.4 Å². The molecule has 2 amide bonds. The Bertz CT molecular complexity index is 322. The van der Waals surface area contributed by atoms with Crippen LogP contribution in [-0.4, -0.2) is 19.7 Å². The minimum atomic E-state index is -0.168. The van der Waals surface area contributed by atoms with Gasteiger partial charge in [0.05, 0.1) is 7.11 Å². The average Bonchev–Trinajstić information content (AvgIpc) is 2.30. The molecule has 0 heterocycles. The van der Waals surface area contributed by atoms with Gasteiger partial charge in [-0.1, -0.05) is 13.3 Å². The first-order chi connectivity index (χ1) is 7.76. The van der Waals surface area contributed by atoms with E-state index in [1.807, 2.05) is 12.1 Å². The number of anilines is 1. The van der Waals surface area contributed by atoms with Crippen molar-refractivity contribution in [3.63, 3.8) is 0 Å². The van der Waals surface area contributed by atoms with Crippen molar-refractivity contribution in [3.8, 4) is 5.75 Å². The molecule has 4 nitrogen and oxygen atoms in total. The van der Waals surface area contributed by atoms with Crippen LogP contribution in [0.15, 0.2) is 24.3 Å². The molecule has 0 aromatic heterocycles. The van der Waals surface area contributed by atoms with E-state index in [-0.39, 0.29) is 6.03 Å². The third kappa shape index (κ3) is 4.21. The van der Waals surface area contributed by atoms with E-state index < -0.39 is 0 Å². The maximum absolute atomic E-state index is 11.4. The lowest BCUT2D eigenvalue weighted by atomic mass is 10.3. The zero-order valence-corrected chi connectivity index (χ0v) is 9.75. The van der Waals surface area contributed by atoms with Gasteiger partial charge in [0.25, 0.3) is 0 Å². The molecule has 0 aliphatic heterocycles. The summed E-state index contributed by atoms with van der Waals surface area (Å²) in [6, 6.07) is 7.05. The van der Waals surface area contributed by atoms with E-state index in [0.29, 0.717) is 6.54 Å². The highest BCUT2D eigenvalue weighted by Crippen LogP contribution is 2.14. The first-order valence-corrected chi connectivity index (χ1v) is 5.45. The molecule has 0 saturated carbocycles. The lowest BCUT2D eigenvalue weighted by molar-refractivity contribution is 0.252. The van der Waals surface area contributed by atoms with Gasteiger partial charge >= 0.3 is 6.03 Å². The number of carbonyl (C=O) groups is 1.